The highest BCUT2D eigenvalue weighted by Gasteiger charge is 2.12. The molecule has 4 N–H and O–H groups in total. The van der Waals surface area contributed by atoms with Crippen molar-refractivity contribution < 1.29 is 9.59 Å². The third-order valence-corrected chi connectivity index (χ3v) is 3.19. The molecule has 0 saturated carbocycles. The molecule has 2 amide bonds. The van der Waals surface area contributed by atoms with Gasteiger partial charge in [0.05, 0.1) is 6.54 Å². The molecule has 0 aliphatic rings. The van der Waals surface area contributed by atoms with Crippen LogP contribution in [-0.2, 0) is 4.79 Å². The molecule has 0 unspecified atom stereocenters. The number of likely N-dealkylation sites (N-methyl/N-ethyl adjacent to an activating group) is 1. The van der Waals surface area contributed by atoms with Crippen molar-refractivity contribution in [2.75, 3.05) is 25.9 Å². The van der Waals surface area contributed by atoms with Gasteiger partial charge < -0.3 is 20.9 Å². The van der Waals surface area contributed by atoms with Gasteiger partial charge in [-0.25, -0.2) is 0 Å². The lowest BCUT2D eigenvalue weighted by Crippen LogP contribution is -2.38. The topological polar surface area (TPSA) is 91.2 Å². The van der Waals surface area contributed by atoms with Gasteiger partial charge in [-0.05, 0) is 31.2 Å². The molecule has 6 nitrogen and oxygen atoms in total. The number of aromatic nitrogens is 1. The number of benzene rings is 1. The molecule has 0 radical (unpaired) electrons. The van der Waals surface area contributed by atoms with Crippen molar-refractivity contribution in [3.05, 3.63) is 30.0 Å². The average Bonchev–Trinajstić information content (AvgIpc) is 2.86. The fourth-order valence-electron chi connectivity index (χ4n) is 1.84. The van der Waals surface area contributed by atoms with E-state index in [9.17, 15) is 9.59 Å². The number of nitrogen functional groups attached to an aromatic ring is 1. The molecule has 1 aromatic carbocycles. The largest absolute Gasteiger partial charge is 0.399 e. The third-order valence-electron chi connectivity index (χ3n) is 3.19. The number of hydrogen-bond acceptors (Lipinski definition) is 3. The lowest BCUT2D eigenvalue weighted by atomic mass is 10.2. The zero-order chi connectivity index (χ0) is 14.7. The van der Waals surface area contributed by atoms with Crippen LogP contribution in [0.25, 0.3) is 10.9 Å². The lowest BCUT2D eigenvalue weighted by molar-refractivity contribution is -0.128. The van der Waals surface area contributed by atoms with Gasteiger partial charge >= 0.3 is 0 Å². The van der Waals surface area contributed by atoms with Crippen LogP contribution in [0.1, 0.15) is 17.4 Å². The van der Waals surface area contributed by atoms with Gasteiger partial charge in [-0.15, -0.1) is 0 Å². The third kappa shape index (κ3) is 2.90. The minimum Gasteiger partial charge on any atom is -0.399 e. The standard InChI is InChI=1S/C14H18N4O2/c1-3-18(2)13(19)8-16-14(20)12-7-9-6-10(15)4-5-11(9)17-12/h4-7,17H,3,8,15H2,1-2H3,(H,16,20). The van der Waals surface area contributed by atoms with Gasteiger partial charge in [0.1, 0.15) is 5.69 Å². The molecule has 1 heterocycles. The first-order valence-electron chi connectivity index (χ1n) is 6.41. The number of hydrogen-bond donors (Lipinski definition) is 3. The first-order valence-corrected chi connectivity index (χ1v) is 6.41. The molecular formula is C14H18N4O2. The highest BCUT2D eigenvalue weighted by molar-refractivity contribution is 5.99. The lowest BCUT2D eigenvalue weighted by Gasteiger charge is -2.14. The molecule has 0 bridgehead atoms. The smallest absolute Gasteiger partial charge is 0.268 e. The molecule has 0 atom stereocenters. The van der Waals surface area contributed by atoms with Crippen LogP contribution >= 0.6 is 0 Å². The van der Waals surface area contributed by atoms with E-state index in [-0.39, 0.29) is 18.4 Å². The number of carbonyl (C=O) groups excluding carboxylic acids is 2. The molecule has 20 heavy (non-hydrogen) atoms. The van der Waals surface area contributed by atoms with Gasteiger partial charge in [-0.3, -0.25) is 9.59 Å². The number of carbonyl (C=O) groups is 2. The summed E-state index contributed by atoms with van der Waals surface area (Å²) in [5.74, 6) is -0.432. The number of anilines is 1. The molecule has 0 saturated heterocycles. The monoisotopic (exact) mass is 274 g/mol. The van der Waals surface area contributed by atoms with E-state index < -0.39 is 0 Å². The zero-order valence-corrected chi connectivity index (χ0v) is 11.6. The predicted molar refractivity (Wildman–Crippen MR) is 78.4 cm³/mol. The van der Waals surface area contributed by atoms with Crippen molar-refractivity contribution in [1.29, 1.82) is 0 Å². The Morgan fingerprint density at radius 2 is 2.10 bits per heavy atom. The van der Waals surface area contributed by atoms with E-state index in [1.165, 1.54) is 0 Å². The van der Waals surface area contributed by atoms with Crippen molar-refractivity contribution in [1.82, 2.24) is 15.2 Å². The number of rotatable bonds is 4. The van der Waals surface area contributed by atoms with Crippen LogP contribution in [0.4, 0.5) is 5.69 Å². The summed E-state index contributed by atoms with van der Waals surface area (Å²) in [6.45, 7) is 2.48. The highest BCUT2D eigenvalue weighted by Crippen LogP contribution is 2.18. The van der Waals surface area contributed by atoms with Gasteiger partial charge in [0, 0.05) is 30.2 Å². The molecule has 0 aliphatic heterocycles. The van der Waals surface area contributed by atoms with Gasteiger partial charge in [0.25, 0.3) is 5.91 Å². The number of nitrogens with zero attached hydrogens (tertiary/aromatic N) is 1. The van der Waals surface area contributed by atoms with E-state index in [0.717, 1.165) is 10.9 Å². The van der Waals surface area contributed by atoms with Crippen LogP contribution in [0, 0.1) is 0 Å². The number of fused-ring (bicyclic) bond motifs is 1. The Balaban J connectivity index is 2.06. The van der Waals surface area contributed by atoms with Crippen LogP contribution in [0.3, 0.4) is 0 Å². The van der Waals surface area contributed by atoms with Crippen LogP contribution in [-0.4, -0.2) is 41.8 Å². The zero-order valence-electron chi connectivity index (χ0n) is 11.6. The maximum Gasteiger partial charge on any atom is 0.268 e. The van der Waals surface area contributed by atoms with E-state index in [1.807, 2.05) is 13.0 Å². The molecule has 0 aliphatic carbocycles. The first-order chi connectivity index (χ1) is 9.51. The molecular weight excluding hydrogens is 256 g/mol. The minimum atomic E-state index is -0.308. The Bertz CT molecular complexity index is 648. The summed E-state index contributed by atoms with van der Waals surface area (Å²) in [7, 11) is 1.69. The summed E-state index contributed by atoms with van der Waals surface area (Å²) in [5, 5.41) is 3.46. The van der Waals surface area contributed by atoms with Crippen LogP contribution in [0.2, 0.25) is 0 Å². The first kappa shape index (κ1) is 13.9. The number of nitrogens with one attached hydrogen (secondary N) is 2. The van der Waals surface area contributed by atoms with Crippen molar-refractivity contribution in [3.8, 4) is 0 Å². The van der Waals surface area contributed by atoms with Gasteiger partial charge in [0.15, 0.2) is 0 Å². The summed E-state index contributed by atoms with van der Waals surface area (Å²) in [5.41, 5.74) is 7.58. The van der Waals surface area contributed by atoms with Gasteiger partial charge in [0.2, 0.25) is 5.91 Å². The Kier molecular flexibility index (Phi) is 3.93. The summed E-state index contributed by atoms with van der Waals surface area (Å²) in [4.78, 5) is 28.1. The van der Waals surface area contributed by atoms with Gasteiger partial charge in [-0.2, -0.15) is 0 Å². The maximum absolute atomic E-state index is 12.0. The number of aromatic amines is 1. The highest BCUT2D eigenvalue weighted by atomic mass is 16.2. The fourth-order valence-corrected chi connectivity index (χ4v) is 1.84. The SMILES string of the molecule is CCN(C)C(=O)CNC(=O)c1cc2cc(N)ccc2[nH]1. The average molecular weight is 274 g/mol. The Morgan fingerprint density at radius 3 is 2.80 bits per heavy atom. The Morgan fingerprint density at radius 1 is 1.35 bits per heavy atom. The molecule has 106 valence electrons. The van der Waals surface area contributed by atoms with Crippen molar-refractivity contribution in [2.24, 2.45) is 0 Å². The summed E-state index contributed by atoms with van der Waals surface area (Å²) in [6.07, 6.45) is 0. The van der Waals surface area contributed by atoms with Crippen molar-refractivity contribution in [2.45, 2.75) is 6.92 Å². The van der Waals surface area contributed by atoms with E-state index in [0.29, 0.717) is 17.9 Å². The minimum absolute atomic E-state index is 0.0132. The summed E-state index contributed by atoms with van der Waals surface area (Å²) >= 11 is 0. The molecule has 2 aromatic rings. The molecule has 0 fully saturated rings. The van der Waals surface area contributed by atoms with Crippen molar-refractivity contribution >= 4 is 28.4 Å². The fraction of sp³-hybridized carbons (Fsp3) is 0.286. The quantitative estimate of drug-likeness (QED) is 0.725. The second-order valence-electron chi connectivity index (χ2n) is 4.62. The van der Waals surface area contributed by atoms with E-state index in [1.54, 1.807) is 30.1 Å². The van der Waals surface area contributed by atoms with Gasteiger partial charge in [-0.1, -0.05) is 0 Å². The molecule has 1 aromatic heterocycles. The Labute approximate surface area is 116 Å². The maximum atomic E-state index is 12.0. The van der Waals surface area contributed by atoms with Crippen LogP contribution in [0.15, 0.2) is 24.3 Å². The number of amides is 2. The van der Waals surface area contributed by atoms with Crippen LogP contribution < -0.4 is 11.1 Å². The second-order valence-corrected chi connectivity index (χ2v) is 4.62. The van der Waals surface area contributed by atoms with Crippen molar-refractivity contribution in [3.63, 3.8) is 0 Å². The molecule has 6 heteroatoms. The second kappa shape index (κ2) is 5.64. The van der Waals surface area contributed by atoms with E-state index in [2.05, 4.69) is 10.3 Å². The van der Waals surface area contributed by atoms with Crippen LogP contribution in [0.5, 0.6) is 0 Å². The van der Waals surface area contributed by atoms with E-state index >= 15 is 0 Å². The predicted octanol–water partition coefficient (Wildman–Crippen LogP) is 0.958. The molecule has 0 spiro atoms. The normalized spacial score (nSPS) is 10.5. The Hall–Kier alpha value is -2.50. The number of nitrogens with two attached hydrogens (primary N) is 1. The number of H-pyrrole nitrogens is 1. The van der Waals surface area contributed by atoms with E-state index in [4.69, 9.17) is 5.73 Å². The molecule has 2 rings (SSSR count). The summed E-state index contributed by atoms with van der Waals surface area (Å²) < 4.78 is 0. The summed E-state index contributed by atoms with van der Waals surface area (Å²) in [6, 6.07) is 7.09.